The van der Waals surface area contributed by atoms with Crippen molar-refractivity contribution < 1.29 is 4.39 Å². The van der Waals surface area contributed by atoms with Crippen molar-refractivity contribution in [3.63, 3.8) is 0 Å². The second-order valence-electron chi connectivity index (χ2n) is 4.74. The lowest BCUT2D eigenvalue weighted by atomic mass is 10.0. The summed E-state index contributed by atoms with van der Waals surface area (Å²) in [4.78, 5) is 2.40. The van der Waals surface area contributed by atoms with Crippen LogP contribution in [0.2, 0.25) is 0 Å². The molecule has 1 unspecified atom stereocenters. The van der Waals surface area contributed by atoms with Crippen LogP contribution in [0.25, 0.3) is 0 Å². The van der Waals surface area contributed by atoms with Crippen LogP contribution < -0.4 is 0 Å². The first-order chi connectivity index (χ1) is 8.20. The Hall–Kier alpha value is -1.40. The van der Waals surface area contributed by atoms with Gasteiger partial charge in [0.2, 0.25) is 0 Å². The summed E-state index contributed by atoms with van der Waals surface area (Å²) >= 11 is 0. The Morgan fingerprint density at radius 2 is 2.29 bits per heavy atom. The maximum Gasteiger partial charge on any atom is 0.140 e. The van der Waals surface area contributed by atoms with Crippen LogP contribution in [-0.2, 0) is 6.54 Å². The summed E-state index contributed by atoms with van der Waals surface area (Å²) < 4.78 is 13.2. The molecule has 3 heteroatoms. The van der Waals surface area contributed by atoms with Crippen molar-refractivity contribution in [3.05, 3.63) is 35.1 Å². The molecule has 1 saturated heterocycles. The molecular weight excluding hydrogens is 215 g/mol. The zero-order valence-electron chi connectivity index (χ0n) is 10.1. The van der Waals surface area contributed by atoms with Crippen molar-refractivity contribution in [2.24, 2.45) is 0 Å². The first kappa shape index (κ1) is 12.1. The average molecular weight is 232 g/mol. The highest BCUT2D eigenvalue weighted by Gasteiger charge is 2.18. The van der Waals surface area contributed by atoms with E-state index in [9.17, 15) is 4.39 Å². The fourth-order valence-electron chi connectivity index (χ4n) is 2.38. The number of nitrogens with zero attached hydrogens (tertiary/aromatic N) is 2. The van der Waals surface area contributed by atoms with Gasteiger partial charge in [0.15, 0.2) is 0 Å². The van der Waals surface area contributed by atoms with E-state index in [0.717, 1.165) is 18.7 Å². The molecule has 1 aliphatic heterocycles. The van der Waals surface area contributed by atoms with Gasteiger partial charge in [-0.2, -0.15) is 5.26 Å². The molecule has 1 aromatic rings. The summed E-state index contributed by atoms with van der Waals surface area (Å²) in [6.45, 7) is 4.14. The minimum Gasteiger partial charge on any atom is -0.296 e. The zero-order chi connectivity index (χ0) is 12.3. The van der Waals surface area contributed by atoms with Gasteiger partial charge in [-0.1, -0.05) is 12.5 Å². The van der Waals surface area contributed by atoms with Crippen molar-refractivity contribution in [2.75, 3.05) is 6.54 Å². The Morgan fingerprint density at radius 1 is 1.47 bits per heavy atom. The van der Waals surface area contributed by atoms with Gasteiger partial charge in [0.25, 0.3) is 0 Å². The molecule has 0 saturated carbocycles. The molecule has 0 aliphatic carbocycles. The number of piperidine rings is 1. The van der Waals surface area contributed by atoms with Crippen molar-refractivity contribution in [3.8, 4) is 6.07 Å². The summed E-state index contributed by atoms with van der Waals surface area (Å²) in [5, 5.41) is 8.80. The Bertz CT molecular complexity index is 436. The van der Waals surface area contributed by atoms with Gasteiger partial charge in [0, 0.05) is 12.6 Å². The molecule has 0 aromatic heterocycles. The molecule has 0 spiro atoms. The van der Waals surface area contributed by atoms with E-state index in [-0.39, 0.29) is 5.56 Å². The van der Waals surface area contributed by atoms with Crippen LogP contribution in [0.1, 0.15) is 37.3 Å². The lowest BCUT2D eigenvalue weighted by Crippen LogP contribution is -2.36. The lowest BCUT2D eigenvalue weighted by Gasteiger charge is -2.33. The Labute approximate surface area is 102 Å². The van der Waals surface area contributed by atoms with Crippen LogP contribution in [0, 0.1) is 17.1 Å². The van der Waals surface area contributed by atoms with Crippen LogP contribution in [0.3, 0.4) is 0 Å². The monoisotopic (exact) mass is 232 g/mol. The SMILES string of the molecule is CC1CCCCN1Cc1ccc(F)c(C#N)c1. The summed E-state index contributed by atoms with van der Waals surface area (Å²) in [6, 6.07) is 7.30. The van der Waals surface area contributed by atoms with Gasteiger partial charge >= 0.3 is 0 Å². The van der Waals surface area contributed by atoms with Crippen LogP contribution in [-0.4, -0.2) is 17.5 Å². The smallest absolute Gasteiger partial charge is 0.140 e. The number of halogens is 1. The van der Waals surface area contributed by atoms with Gasteiger partial charge in [0.05, 0.1) is 5.56 Å². The molecule has 1 atom stereocenters. The first-order valence-electron chi connectivity index (χ1n) is 6.13. The van der Waals surface area contributed by atoms with E-state index in [1.165, 1.54) is 25.3 Å². The molecule has 90 valence electrons. The van der Waals surface area contributed by atoms with Crippen molar-refractivity contribution >= 4 is 0 Å². The van der Waals surface area contributed by atoms with Gasteiger partial charge in [-0.05, 0) is 44.0 Å². The summed E-state index contributed by atoms with van der Waals surface area (Å²) in [6.07, 6.45) is 3.76. The molecule has 2 rings (SSSR count). The van der Waals surface area contributed by atoms with Gasteiger partial charge in [-0.15, -0.1) is 0 Å². The van der Waals surface area contributed by atoms with Crippen molar-refractivity contribution in [1.29, 1.82) is 5.26 Å². The Balaban J connectivity index is 2.10. The maximum absolute atomic E-state index is 13.2. The van der Waals surface area contributed by atoms with E-state index in [1.54, 1.807) is 12.1 Å². The minimum absolute atomic E-state index is 0.146. The van der Waals surface area contributed by atoms with E-state index >= 15 is 0 Å². The summed E-state index contributed by atoms with van der Waals surface area (Å²) in [5.74, 6) is -0.428. The summed E-state index contributed by atoms with van der Waals surface area (Å²) in [7, 11) is 0. The fourth-order valence-corrected chi connectivity index (χ4v) is 2.38. The van der Waals surface area contributed by atoms with Crippen molar-refractivity contribution in [2.45, 2.75) is 38.8 Å². The van der Waals surface area contributed by atoms with Gasteiger partial charge in [0.1, 0.15) is 11.9 Å². The number of hydrogen-bond donors (Lipinski definition) is 0. The highest BCUT2D eigenvalue weighted by molar-refractivity contribution is 5.34. The second-order valence-corrected chi connectivity index (χ2v) is 4.74. The van der Waals surface area contributed by atoms with Gasteiger partial charge < -0.3 is 0 Å². The van der Waals surface area contributed by atoms with Gasteiger partial charge in [-0.3, -0.25) is 4.90 Å². The number of rotatable bonds is 2. The van der Waals surface area contributed by atoms with Crippen LogP contribution in [0.5, 0.6) is 0 Å². The highest BCUT2D eigenvalue weighted by atomic mass is 19.1. The topological polar surface area (TPSA) is 27.0 Å². The van der Waals surface area contributed by atoms with E-state index in [2.05, 4.69) is 11.8 Å². The highest BCUT2D eigenvalue weighted by Crippen LogP contribution is 2.20. The largest absolute Gasteiger partial charge is 0.296 e. The molecule has 1 aliphatic rings. The first-order valence-corrected chi connectivity index (χ1v) is 6.13. The van der Waals surface area contributed by atoms with E-state index in [1.807, 2.05) is 6.07 Å². The minimum atomic E-state index is -0.428. The number of nitriles is 1. The van der Waals surface area contributed by atoms with Crippen LogP contribution in [0.4, 0.5) is 4.39 Å². The van der Waals surface area contributed by atoms with Crippen LogP contribution in [0.15, 0.2) is 18.2 Å². The average Bonchev–Trinajstić information content (AvgIpc) is 2.34. The Kier molecular flexibility index (Phi) is 3.75. The third kappa shape index (κ3) is 2.83. The molecule has 0 N–H and O–H groups in total. The molecule has 0 bridgehead atoms. The summed E-state index contributed by atoms with van der Waals surface area (Å²) in [5.41, 5.74) is 1.17. The Morgan fingerprint density at radius 3 is 3.00 bits per heavy atom. The van der Waals surface area contributed by atoms with Gasteiger partial charge in [-0.25, -0.2) is 4.39 Å². The predicted octanol–water partition coefficient (Wildman–Crippen LogP) is 3.07. The second kappa shape index (κ2) is 5.29. The molecule has 0 amide bonds. The molecule has 2 nitrogen and oxygen atoms in total. The third-order valence-corrected chi connectivity index (χ3v) is 3.48. The third-order valence-electron chi connectivity index (χ3n) is 3.48. The molecule has 1 aromatic carbocycles. The molecule has 0 radical (unpaired) electrons. The molecule has 1 heterocycles. The van der Waals surface area contributed by atoms with Crippen molar-refractivity contribution in [1.82, 2.24) is 4.90 Å². The molecular formula is C14H17FN2. The lowest BCUT2D eigenvalue weighted by molar-refractivity contribution is 0.152. The maximum atomic E-state index is 13.2. The zero-order valence-corrected chi connectivity index (χ0v) is 10.1. The number of benzene rings is 1. The standard InChI is InChI=1S/C14H17FN2/c1-11-4-2-3-7-17(11)10-12-5-6-14(15)13(8-12)9-16/h5-6,8,11H,2-4,7,10H2,1H3. The molecule has 17 heavy (non-hydrogen) atoms. The quantitative estimate of drug-likeness (QED) is 0.783. The predicted molar refractivity (Wildman–Crippen MR) is 64.8 cm³/mol. The normalized spacial score (nSPS) is 21.1. The van der Waals surface area contributed by atoms with E-state index in [0.29, 0.717) is 6.04 Å². The number of hydrogen-bond acceptors (Lipinski definition) is 2. The fraction of sp³-hybridized carbons (Fsp3) is 0.500. The van der Waals surface area contributed by atoms with E-state index in [4.69, 9.17) is 5.26 Å². The van der Waals surface area contributed by atoms with E-state index < -0.39 is 5.82 Å². The number of likely N-dealkylation sites (tertiary alicyclic amines) is 1. The molecule has 1 fully saturated rings. The van der Waals surface area contributed by atoms with Crippen LogP contribution >= 0.6 is 0 Å².